The van der Waals surface area contributed by atoms with Crippen LogP contribution in [0, 0.1) is 12.8 Å². The highest BCUT2D eigenvalue weighted by atomic mass is 16.3. The number of aromatic hydroxyl groups is 1. The minimum Gasteiger partial charge on any atom is -0.508 e. The van der Waals surface area contributed by atoms with Crippen molar-refractivity contribution >= 4 is 5.91 Å². The van der Waals surface area contributed by atoms with E-state index in [0.29, 0.717) is 18.0 Å². The second-order valence-electron chi connectivity index (χ2n) is 5.42. The summed E-state index contributed by atoms with van der Waals surface area (Å²) in [6.45, 7) is 5.22. The Morgan fingerprint density at radius 2 is 2.26 bits per heavy atom. The van der Waals surface area contributed by atoms with Gasteiger partial charge >= 0.3 is 0 Å². The van der Waals surface area contributed by atoms with E-state index >= 15 is 0 Å². The van der Waals surface area contributed by atoms with E-state index in [1.165, 1.54) is 0 Å². The molecule has 1 amide bonds. The zero-order valence-corrected chi connectivity index (χ0v) is 11.6. The average Bonchev–Trinajstić information content (AvgIpc) is 2.40. The maximum Gasteiger partial charge on any atom is 0.254 e. The molecule has 2 unspecified atom stereocenters. The van der Waals surface area contributed by atoms with Crippen LogP contribution in [-0.2, 0) is 0 Å². The maximum absolute atomic E-state index is 12.6. The number of phenols is 1. The molecule has 0 aromatic heterocycles. The number of carbonyl (C=O) groups excluding carboxylic acids is 1. The molecule has 0 aliphatic carbocycles. The number of piperidine rings is 1. The first kappa shape index (κ1) is 13.9. The fourth-order valence-electron chi connectivity index (χ4n) is 2.82. The summed E-state index contributed by atoms with van der Waals surface area (Å²) >= 11 is 0. The molecule has 1 saturated heterocycles. The van der Waals surface area contributed by atoms with Crippen LogP contribution in [-0.4, -0.2) is 35.0 Å². The van der Waals surface area contributed by atoms with E-state index in [0.717, 1.165) is 24.9 Å². The summed E-state index contributed by atoms with van der Waals surface area (Å²) in [5.41, 5.74) is 7.17. The van der Waals surface area contributed by atoms with Gasteiger partial charge in [0.1, 0.15) is 5.75 Å². The van der Waals surface area contributed by atoms with Crippen molar-refractivity contribution < 1.29 is 9.90 Å². The minimum absolute atomic E-state index is 0.0186. The van der Waals surface area contributed by atoms with Gasteiger partial charge in [0.15, 0.2) is 0 Å². The predicted molar refractivity (Wildman–Crippen MR) is 75.1 cm³/mol. The molecule has 0 bridgehead atoms. The number of nitrogens with zero attached hydrogens (tertiary/aromatic N) is 1. The third kappa shape index (κ3) is 2.73. The first-order valence-corrected chi connectivity index (χ1v) is 6.85. The van der Waals surface area contributed by atoms with E-state index in [9.17, 15) is 9.90 Å². The number of benzene rings is 1. The van der Waals surface area contributed by atoms with E-state index in [1.54, 1.807) is 25.1 Å². The monoisotopic (exact) mass is 262 g/mol. The molecule has 1 aromatic rings. The Labute approximate surface area is 114 Å². The van der Waals surface area contributed by atoms with Crippen molar-refractivity contribution in [3.63, 3.8) is 0 Å². The van der Waals surface area contributed by atoms with Gasteiger partial charge in [-0.2, -0.15) is 0 Å². The van der Waals surface area contributed by atoms with Gasteiger partial charge in [-0.3, -0.25) is 4.79 Å². The molecular weight excluding hydrogens is 240 g/mol. The number of aryl methyl sites for hydroxylation is 1. The zero-order valence-electron chi connectivity index (χ0n) is 11.6. The Hall–Kier alpha value is -1.55. The van der Waals surface area contributed by atoms with E-state index < -0.39 is 0 Å². The quantitative estimate of drug-likeness (QED) is 0.855. The molecule has 2 atom stereocenters. The molecule has 4 heteroatoms. The fraction of sp³-hybridized carbons (Fsp3) is 0.533. The number of amides is 1. The van der Waals surface area contributed by atoms with Crippen molar-refractivity contribution in [3.8, 4) is 5.75 Å². The molecule has 0 saturated carbocycles. The molecule has 19 heavy (non-hydrogen) atoms. The van der Waals surface area contributed by atoms with Crippen LogP contribution in [0.1, 0.15) is 35.7 Å². The molecule has 1 aliphatic rings. The summed E-state index contributed by atoms with van der Waals surface area (Å²) in [6, 6.07) is 5.12. The Kier molecular flexibility index (Phi) is 4.10. The number of carbonyl (C=O) groups is 1. The van der Waals surface area contributed by atoms with Gasteiger partial charge in [0.05, 0.1) is 0 Å². The maximum atomic E-state index is 12.6. The van der Waals surface area contributed by atoms with Gasteiger partial charge in [-0.25, -0.2) is 0 Å². The largest absolute Gasteiger partial charge is 0.508 e. The molecule has 104 valence electrons. The first-order valence-electron chi connectivity index (χ1n) is 6.85. The van der Waals surface area contributed by atoms with Crippen molar-refractivity contribution in [2.45, 2.75) is 32.7 Å². The Morgan fingerprint density at radius 3 is 2.89 bits per heavy atom. The molecule has 0 spiro atoms. The highest BCUT2D eigenvalue weighted by Gasteiger charge is 2.31. The van der Waals surface area contributed by atoms with Crippen molar-refractivity contribution in [2.24, 2.45) is 11.7 Å². The van der Waals surface area contributed by atoms with Gasteiger partial charge in [-0.15, -0.1) is 0 Å². The summed E-state index contributed by atoms with van der Waals surface area (Å²) < 4.78 is 0. The predicted octanol–water partition coefficient (Wildman–Crippen LogP) is 1.90. The van der Waals surface area contributed by atoms with E-state index in [4.69, 9.17) is 5.73 Å². The van der Waals surface area contributed by atoms with Gasteiger partial charge in [0.25, 0.3) is 5.91 Å². The Bertz CT molecular complexity index is 473. The topological polar surface area (TPSA) is 66.6 Å². The molecule has 3 N–H and O–H groups in total. The highest BCUT2D eigenvalue weighted by molar-refractivity contribution is 5.95. The van der Waals surface area contributed by atoms with Crippen LogP contribution < -0.4 is 5.73 Å². The lowest BCUT2D eigenvalue weighted by Crippen LogP contribution is -2.51. The normalized spacial score (nSPS) is 23.4. The van der Waals surface area contributed by atoms with Gasteiger partial charge in [0.2, 0.25) is 0 Å². The Balaban J connectivity index is 2.24. The van der Waals surface area contributed by atoms with E-state index in [1.807, 2.05) is 4.90 Å². The SMILES string of the molecule is Cc1cc(C(=O)N2CCCC(C)C2CN)ccc1O. The van der Waals surface area contributed by atoms with Crippen LogP contribution in [0.4, 0.5) is 0 Å². The van der Waals surface area contributed by atoms with Gasteiger partial charge in [-0.05, 0) is 49.4 Å². The Morgan fingerprint density at radius 1 is 1.53 bits per heavy atom. The minimum atomic E-state index is 0.0186. The van der Waals surface area contributed by atoms with Crippen molar-refractivity contribution in [3.05, 3.63) is 29.3 Å². The van der Waals surface area contributed by atoms with Crippen LogP contribution in [0.25, 0.3) is 0 Å². The van der Waals surface area contributed by atoms with E-state index in [2.05, 4.69) is 6.92 Å². The van der Waals surface area contributed by atoms with Crippen LogP contribution in [0.5, 0.6) is 5.75 Å². The first-order chi connectivity index (χ1) is 9.04. The highest BCUT2D eigenvalue weighted by Crippen LogP contribution is 2.25. The number of nitrogens with two attached hydrogens (primary N) is 1. The molecule has 0 radical (unpaired) electrons. The third-order valence-electron chi connectivity index (χ3n) is 4.06. The van der Waals surface area contributed by atoms with Crippen LogP contribution in [0.2, 0.25) is 0 Å². The number of hydrogen-bond acceptors (Lipinski definition) is 3. The van der Waals surface area contributed by atoms with Crippen molar-refractivity contribution in [2.75, 3.05) is 13.1 Å². The van der Waals surface area contributed by atoms with Crippen molar-refractivity contribution in [1.29, 1.82) is 0 Å². The molecular formula is C15H22N2O2. The second kappa shape index (κ2) is 5.61. The summed E-state index contributed by atoms with van der Waals surface area (Å²) in [6.07, 6.45) is 2.15. The van der Waals surface area contributed by atoms with Crippen molar-refractivity contribution in [1.82, 2.24) is 4.90 Å². The summed E-state index contributed by atoms with van der Waals surface area (Å²) in [5.74, 6) is 0.685. The van der Waals surface area contributed by atoms with Crippen LogP contribution >= 0.6 is 0 Å². The molecule has 2 rings (SSSR count). The molecule has 1 fully saturated rings. The summed E-state index contributed by atoms with van der Waals surface area (Å²) in [5, 5.41) is 9.53. The second-order valence-corrected chi connectivity index (χ2v) is 5.42. The lowest BCUT2D eigenvalue weighted by molar-refractivity contribution is 0.0532. The van der Waals surface area contributed by atoms with Crippen LogP contribution in [0.3, 0.4) is 0 Å². The lowest BCUT2D eigenvalue weighted by Gasteiger charge is -2.39. The summed E-state index contributed by atoms with van der Waals surface area (Å²) in [7, 11) is 0. The zero-order chi connectivity index (χ0) is 14.0. The molecule has 4 nitrogen and oxygen atoms in total. The van der Waals surface area contributed by atoms with Gasteiger partial charge < -0.3 is 15.7 Å². The van der Waals surface area contributed by atoms with Gasteiger partial charge in [0, 0.05) is 24.7 Å². The van der Waals surface area contributed by atoms with E-state index in [-0.39, 0.29) is 17.7 Å². The number of rotatable bonds is 2. The summed E-state index contributed by atoms with van der Waals surface area (Å²) in [4.78, 5) is 14.5. The number of hydrogen-bond donors (Lipinski definition) is 2. The fourth-order valence-corrected chi connectivity index (χ4v) is 2.82. The smallest absolute Gasteiger partial charge is 0.254 e. The average molecular weight is 262 g/mol. The van der Waals surface area contributed by atoms with Crippen LogP contribution in [0.15, 0.2) is 18.2 Å². The lowest BCUT2D eigenvalue weighted by atomic mass is 9.90. The molecule has 1 aromatic carbocycles. The van der Waals surface area contributed by atoms with Gasteiger partial charge in [-0.1, -0.05) is 6.92 Å². The molecule has 1 aliphatic heterocycles. The number of likely N-dealkylation sites (tertiary alicyclic amines) is 1. The standard InChI is InChI=1S/C15H22N2O2/c1-10-4-3-7-17(13(10)9-16)15(19)12-5-6-14(18)11(2)8-12/h5-6,8,10,13,18H,3-4,7,9,16H2,1-2H3. The third-order valence-corrected chi connectivity index (χ3v) is 4.06. The number of phenolic OH excluding ortho intramolecular Hbond substituents is 1. The molecule has 1 heterocycles.